The quantitative estimate of drug-likeness (QED) is 0.650. The Kier molecular flexibility index (Phi) is 6.74. The SMILES string of the molecule is C=C(/C=C(\C)C(C)(C)F)c1ccc(C(=C)NCC(C)CC)nc1. The second kappa shape index (κ2) is 8.09. The van der Waals surface area contributed by atoms with Crippen LogP contribution in [0, 0.1) is 5.92 Å². The van der Waals surface area contributed by atoms with E-state index in [0.717, 1.165) is 35.5 Å². The third kappa shape index (κ3) is 6.01. The maximum Gasteiger partial charge on any atom is 0.126 e. The third-order valence-electron chi connectivity index (χ3n) is 4.13. The molecule has 0 aliphatic rings. The van der Waals surface area contributed by atoms with Crippen LogP contribution < -0.4 is 5.32 Å². The van der Waals surface area contributed by atoms with Crippen molar-refractivity contribution in [3.05, 3.63) is 54.4 Å². The summed E-state index contributed by atoms with van der Waals surface area (Å²) in [5.41, 5.74) is 2.57. The van der Waals surface area contributed by atoms with E-state index in [2.05, 4.69) is 37.3 Å². The summed E-state index contributed by atoms with van der Waals surface area (Å²) in [7, 11) is 0. The number of hydrogen-bond acceptors (Lipinski definition) is 2. The molecule has 1 rings (SSSR count). The van der Waals surface area contributed by atoms with Crippen LogP contribution in [-0.2, 0) is 0 Å². The fourth-order valence-corrected chi connectivity index (χ4v) is 1.81. The molecule has 0 radical (unpaired) electrons. The van der Waals surface area contributed by atoms with Crippen LogP contribution in [0.5, 0.6) is 0 Å². The lowest BCUT2D eigenvalue weighted by Gasteiger charge is -2.16. The number of halogens is 1. The molecule has 0 aromatic carbocycles. The number of alkyl halides is 1. The van der Waals surface area contributed by atoms with E-state index in [9.17, 15) is 4.39 Å². The highest BCUT2D eigenvalue weighted by Gasteiger charge is 2.18. The van der Waals surface area contributed by atoms with Crippen LogP contribution in [0.25, 0.3) is 11.3 Å². The molecule has 126 valence electrons. The first-order valence-corrected chi connectivity index (χ1v) is 8.11. The molecule has 2 nitrogen and oxygen atoms in total. The maximum atomic E-state index is 13.9. The van der Waals surface area contributed by atoms with Crippen molar-refractivity contribution in [1.29, 1.82) is 0 Å². The van der Waals surface area contributed by atoms with Gasteiger partial charge in [-0.3, -0.25) is 4.98 Å². The molecule has 1 N–H and O–H groups in total. The summed E-state index contributed by atoms with van der Waals surface area (Å²) in [6.07, 6.45) is 4.65. The molecule has 1 unspecified atom stereocenters. The van der Waals surface area contributed by atoms with Gasteiger partial charge in [-0.2, -0.15) is 0 Å². The topological polar surface area (TPSA) is 24.9 Å². The summed E-state index contributed by atoms with van der Waals surface area (Å²) < 4.78 is 13.9. The molecule has 0 spiro atoms. The molecule has 0 saturated heterocycles. The van der Waals surface area contributed by atoms with Gasteiger partial charge in [-0.25, -0.2) is 4.39 Å². The minimum atomic E-state index is -1.34. The van der Waals surface area contributed by atoms with Gasteiger partial charge in [0.25, 0.3) is 0 Å². The Morgan fingerprint density at radius 1 is 1.39 bits per heavy atom. The predicted molar refractivity (Wildman–Crippen MR) is 98.7 cm³/mol. The van der Waals surface area contributed by atoms with Crippen molar-refractivity contribution in [3.63, 3.8) is 0 Å². The number of allylic oxidation sites excluding steroid dienone is 3. The van der Waals surface area contributed by atoms with Crippen molar-refractivity contribution in [2.45, 2.75) is 46.7 Å². The molecule has 0 amide bonds. The van der Waals surface area contributed by atoms with Gasteiger partial charge < -0.3 is 5.32 Å². The predicted octanol–water partition coefficient (Wildman–Crippen LogP) is 5.40. The highest BCUT2D eigenvalue weighted by Crippen LogP contribution is 2.24. The third-order valence-corrected chi connectivity index (χ3v) is 4.13. The zero-order chi connectivity index (χ0) is 17.6. The number of nitrogens with one attached hydrogen (secondary N) is 1. The minimum absolute atomic E-state index is 0.600. The lowest BCUT2D eigenvalue weighted by atomic mass is 9.97. The number of rotatable bonds is 8. The summed E-state index contributed by atoms with van der Waals surface area (Å²) in [6, 6.07) is 3.85. The Bertz CT molecular complexity index is 577. The second-order valence-corrected chi connectivity index (χ2v) is 6.63. The highest BCUT2D eigenvalue weighted by atomic mass is 19.1. The first-order valence-electron chi connectivity index (χ1n) is 8.11. The van der Waals surface area contributed by atoms with Gasteiger partial charge in [0, 0.05) is 12.7 Å². The van der Waals surface area contributed by atoms with Crippen molar-refractivity contribution in [2.75, 3.05) is 6.54 Å². The molecule has 1 aromatic rings. The largest absolute Gasteiger partial charge is 0.384 e. The van der Waals surface area contributed by atoms with Gasteiger partial charge in [0.15, 0.2) is 0 Å². The molecular weight excluding hydrogens is 287 g/mol. The Morgan fingerprint density at radius 3 is 2.52 bits per heavy atom. The molecule has 23 heavy (non-hydrogen) atoms. The molecule has 1 aromatic heterocycles. The van der Waals surface area contributed by atoms with E-state index in [1.54, 1.807) is 33.0 Å². The Morgan fingerprint density at radius 2 is 2.04 bits per heavy atom. The standard InChI is InChI=1S/C20H29FN2/c1-8-14(2)12-22-17(5)19-10-9-18(13-23-19)15(3)11-16(4)20(6,7)21/h9-11,13-14,22H,3,5,8,12H2,1-2,4,6-7H3/b16-11+. The molecule has 3 heteroatoms. The van der Waals surface area contributed by atoms with E-state index in [-0.39, 0.29) is 0 Å². The normalized spacial score (nSPS) is 13.6. The molecule has 1 atom stereocenters. The monoisotopic (exact) mass is 316 g/mol. The molecule has 1 heterocycles. The van der Waals surface area contributed by atoms with Crippen molar-refractivity contribution in [1.82, 2.24) is 10.3 Å². The van der Waals surface area contributed by atoms with Gasteiger partial charge in [-0.1, -0.05) is 45.6 Å². The van der Waals surface area contributed by atoms with E-state index in [1.165, 1.54) is 0 Å². The number of hydrogen-bond donors (Lipinski definition) is 1. The summed E-state index contributed by atoms with van der Waals surface area (Å²) >= 11 is 0. The van der Waals surface area contributed by atoms with E-state index >= 15 is 0 Å². The molecule has 0 fully saturated rings. The molecule has 0 bridgehead atoms. The van der Waals surface area contributed by atoms with Gasteiger partial charge in [0.1, 0.15) is 5.67 Å². The average molecular weight is 316 g/mol. The lowest BCUT2D eigenvalue weighted by Crippen LogP contribution is -2.19. The molecule has 0 saturated carbocycles. The number of pyridine rings is 1. The zero-order valence-electron chi connectivity index (χ0n) is 15.0. The van der Waals surface area contributed by atoms with E-state index in [0.29, 0.717) is 11.5 Å². The highest BCUT2D eigenvalue weighted by molar-refractivity contribution is 5.73. The maximum absolute atomic E-state index is 13.9. The average Bonchev–Trinajstić information content (AvgIpc) is 2.51. The van der Waals surface area contributed by atoms with Gasteiger partial charge >= 0.3 is 0 Å². The van der Waals surface area contributed by atoms with Gasteiger partial charge in [-0.05, 0) is 49.5 Å². The Labute approximate surface area is 140 Å². The summed E-state index contributed by atoms with van der Waals surface area (Å²) in [6.45, 7) is 18.1. The van der Waals surface area contributed by atoms with E-state index < -0.39 is 5.67 Å². The molecular formula is C20H29FN2. The van der Waals surface area contributed by atoms with Crippen molar-refractivity contribution >= 4 is 11.3 Å². The first-order chi connectivity index (χ1) is 10.6. The van der Waals surface area contributed by atoms with E-state index in [4.69, 9.17) is 0 Å². The van der Waals surface area contributed by atoms with Crippen LogP contribution in [0.3, 0.4) is 0 Å². The van der Waals surface area contributed by atoms with Crippen LogP contribution in [0.2, 0.25) is 0 Å². The Balaban J connectivity index is 2.77. The molecule has 0 aliphatic carbocycles. The van der Waals surface area contributed by atoms with Crippen LogP contribution in [0.1, 0.15) is 52.3 Å². The first kappa shape index (κ1) is 19.1. The van der Waals surface area contributed by atoms with Crippen LogP contribution in [-0.4, -0.2) is 17.2 Å². The van der Waals surface area contributed by atoms with Crippen LogP contribution in [0.15, 0.2) is 43.1 Å². The fourth-order valence-electron chi connectivity index (χ4n) is 1.81. The number of aromatic nitrogens is 1. The second-order valence-electron chi connectivity index (χ2n) is 6.63. The zero-order valence-corrected chi connectivity index (χ0v) is 15.0. The van der Waals surface area contributed by atoms with Gasteiger partial charge in [-0.15, -0.1) is 0 Å². The Hall–Kier alpha value is -1.90. The van der Waals surface area contributed by atoms with Gasteiger partial charge in [0.2, 0.25) is 0 Å². The van der Waals surface area contributed by atoms with E-state index in [1.807, 2.05) is 12.1 Å². The summed E-state index contributed by atoms with van der Waals surface area (Å²) in [4.78, 5) is 4.43. The summed E-state index contributed by atoms with van der Waals surface area (Å²) in [5.74, 6) is 0.600. The van der Waals surface area contributed by atoms with Gasteiger partial charge in [0.05, 0.1) is 11.4 Å². The van der Waals surface area contributed by atoms with Crippen LogP contribution >= 0.6 is 0 Å². The fraction of sp³-hybridized carbons (Fsp3) is 0.450. The molecule has 0 aliphatic heterocycles. The van der Waals surface area contributed by atoms with Crippen molar-refractivity contribution in [3.8, 4) is 0 Å². The van der Waals surface area contributed by atoms with Crippen molar-refractivity contribution in [2.24, 2.45) is 5.92 Å². The summed E-state index contributed by atoms with van der Waals surface area (Å²) in [5, 5.41) is 3.31. The minimum Gasteiger partial charge on any atom is -0.384 e. The number of nitrogens with zero attached hydrogens (tertiary/aromatic N) is 1. The van der Waals surface area contributed by atoms with Crippen LogP contribution in [0.4, 0.5) is 4.39 Å². The lowest BCUT2D eigenvalue weighted by molar-refractivity contribution is 0.268. The smallest absolute Gasteiger partial charge is 0.126 e. The van der Waals surface area contributed by atoms with Crippen molar-refractivity contribution < 1.29 is 4.39 Å².